The van der Waals surface area contributed by atoms with E-state index in [0.29, 0.717) is 35.7 Å². The van der Waals surface area contributed by atoms with E-state index in [9.17, 15) is 25.3 Å². The van der Waals surface area contributed by atoms with Gasteiger partial charge in [0.15, 0.2) is 11.6 Å². The predicted octanol–water partition coefficient (Wildman–Crippen LogP) is 4.36. The number of aliphatic hydroxyl groups excluding tert-OH is 1. The zero-order chi connectivity index (χ0) is 24.2. The Morgan fingerprint density at radius 2 is 2.06 bits per heavy atom. The molecule has 3 aromatic rings. The van der Waals surface area contributed by atoms with E-state index >= 15 is 0 Å². The minimum atomic E-state index is -0.852. The highest BCUT2D eigenvalue weighted by molar-refractivity contribution is 5.92. The highest BCUT2D eigenvalue weighted by Gasteiger charge is 2.25. The molecule has 1 aliphatic heterocycles. The van der Waals surface area contributed by atoms with Gasteiger partial charge in [-0.05, 0) is 43.0 Å². The van der Waals surface area contributed by atoms with Crippen molar-refractivity contribution in [2.24, 2.45) is 5.92 Å². The molecule has 10 heteroatoms. The molecule has 1 aromatic heterocycles. The van der Waals surface area contributed by atoms with E-state index in [2.05, 4.69) is 16.9 Å². The first-order valence-corrected chi connectivity index (χ1v) is 10.8. The number of ether oxygens (including phenoxy) is 1. The quantitative estimate of drug-likeness (QED) is 0.181. The fourth-order valence-electron chi connectivity index (χ4n) is 3.93. The number of fused-ring (bicyclic) bond motifs is 1. The number of aromatic nitrogens is 2. The van der Waals surface area contributed by atoms with E-state index in [1.165, 1.54) is 12.1 Å². The maximum absolute atomic E-state index is 12.5. The predicted molar refractivity (Wildman–Crippen MR) is 125 cm³/mol. The number of H-pyrrole nitrogens is 1. The van der Waals surface area contributed by atoms with Gasteiger partial charge in [0.1, 0.15) is 23.9 Å². The second kappa shape index (κ2) is 9.62. The van der Waals surface area contributed by atoms with Crippen molar-refractivity contribution in [3.8, 4) is 6.07 Å². The average Bonchev–Trinajstić information content (AvgIpc) is 3.27. The van der Waals surface area contributed by atoms with E-state index in [1.54, 1.807) is 30.3 Å². The molecule has 4 rings (SSSR count). The van der Waals surface area contributed by atoms with Gasteiger partial charge in [0.05, 0.1) is 21.5 Å². The number of benzene rings is 2. The summed E-state index contributed by atoms with van der Waals surface area (Å²) in [5.74, 6) is -0.616. The van der Waals surface area contributed by atoms with Crippen LogP contribution in [0.25, 0.3) is 16.6 Å². The molecule has 1 aliphatic rings. The van der Waals surface area contributed by atoms with Gasteiger partial charge in [-0.2, -0.15) is 5.26 Å². The van der Waals surface area contributed by atoms with Crippen molar-refractivity contribution in [3.63, 3.8) is 0 Å². The highest BCUT2D eigenvalue weighted by atomic mass is 16.6. The van der Waals surface area contributed by atoms with E-state index in [4.69, 9.17) is 4.74 Å². The average molecular weight is 461 g/mol. The number of para-hydroxylation sites is 2. The van der Waals surface area contributed by atoms with E-state index in [1.807, 2.05) is 11.0 Å². The molecule has 2 heterocycles. The van der Waals surface area contributed by atoms with Crippen LogP contribution in [0.3, 0.4) is 0 Å². The van der Waals surface area contributed by atoms with Crippen molar-refractivity contribution in [3.05, 3.63) is 69.7 Å². The number of nitro groups is 1. The number of allylic oxidation sites excluding steroid dienone is 1. The Bertz CT molecular complexity index is 1280. The van der Waals surface area contributed by atoms with Gasteiger partial charge in [0.2, 0.25) is 0 Å². The number of hydrogen-bond acceptors (Lipinski definition) is 8. The second-order valence-electron chi connectivity index (χ2n) is 8.24. The fraction of sp³-hybridized carbons (Fsp3) is 0.292. The third-order valence-corrected chi connectivity index (χ3v) is 5.90. The number of aliphatic hydroxyl groups is 1. The summed E-state index contributed by atoms with van der Waals surface area (Å²) >= 11 is 0. The van der Waals surface area contributed by atoms with Crippen molar-refractivity contribution >= 4 is 34.0 Å². The first-order valence-electron chi connectivity index (χ1n) is 10.8. The van der Waals surface area contributed by atoms with Crippen molar-refractivity contribution in [2.45, 2.75) is 19.8 Å². The molecular formula is C24H23N5O5. The molecule has 0 atom stereocenters. The summed E-state index contributed by atoms with van der Waals surface area (Å²) in [6.07, 6.45) is 1.89. The number of carbonyl (C=O) groups is 1. The molecule has 0 radical (unpaired) electrons. The highest BCUT2D eigenvalue weighted by Crippen LogP contribution is 2.32. The van der Waals surface area contributed by atoms with Crippen LogP contribution in [0.5, 0.6) is 0 Å². The third kappa shape index (κ3) is 4.68. The molecule has 10 nitrogen and oxygen atoms in total. The summed E-state index contributed by atoms with van der Waals surface area (Å²) in [7, 11) is 0. The van der Waals surface area contributed by atoms with Gasteiger partial charge in [-0.3, -0.25) is 10.1 Å². The molecule has 0 spiro atoms. The lowest BCUT2D eigenvalue weighted by molar-refractivity contribution is -0.384. The largest absolute Gasteiger partial charge is 0.507 e. The van der Waals surface area contributed by atoms with Gasteiger partial charge in [0.25, 0.3) is 5.69 Å². The second-order valence-corrected chi connectivity index (χ2v) is 8.24. The minimum Gasteiger partial charge on any atom is -0.507 e. The maximum Gasteiger partial charge on any atom is 0.338 e. The van der Waals surface area contributed by atoms with Crippen LogP contribution < -0.4 is 4.90 Å². The van der Waals surface area contributed by atoms with Gasteiger partial charge < -0.3 is 19.7 Å². The topological polar surface area (TPSA) is 145 Å². The molecule has 2 N–H and O–H groups in total. The molecule has 0 saturated carbocycles. The Hall–Kier alpha value is -4.39. The first-order chi connectivity index (χ1) is 16.4. The summed E-state index contributed by atoms with van der Waals surface area (Å²) in [4.78, 5) is 32.8. The molecule has 1 saturated heterocycles. The number of nitrogens with one attached hydrogen (secondary N) is 1. The number of aromatic amines is 1. The number of imidazole rings is 1. The lowest BCUT2D eigenvalue weighted by atomic mass is 9.98. The van der Waals surface area contributed by atoms with E-state index in [0.717, 1.165) is 12.8 Å². The van der Waals surface area contributed by atoms with Crippen LogP contribution in [0, 0.1) is 27.4 Å². The minimum absolute atomic E-state index is 0.0177. The van der Waals surface area contributed by atoms with Crippen LogP contribution >= 0.6 is 0 Å². The summed E-state index contributed by atoms with van der Waals surface area (Å²) < 4.78 is 5.13. The van der Waals surface area contributed by atoms with Gasteiger partial charge >= 0.3 is 5.97 Å². The summed E-state index contributed by atoms with van der Waals surface area (Å²) in [6, 6.07) is 13.2. The van der Waals surface area contributed by atoms with Crippen LogP contribution in [0.2, 0.25) is 0 Å². The Labute approximate surface area is 195 Å². The zero-order valence-corrected chi connectivity index (χ0v) is 18.5. The number of esters is 1. The Kier molecular flexibility index (Phi) is 6.45. The summed E-state index contributed by atoms with van der Waals surface area (Å²) in [5.41, 5.74) is 1.41. The number of hydrogen-bond donors (Lipinski definition) is 2. The van der Waals surface area contributed by atoms with Gasteiger partial charge in [0, 0.05) is 19.2 Å². The van der Waals surface area contributed by atoms with Crippen LogP contribution in [0.1, 0.15) is 35.9 Å². The lowest BCUT2D eigenvalue weighted by Crippen LogP contribution is -2.33. The molecule has 2 aromatic carbocycles. The molecule has 174 valence electrons. The van der Waals surface area contributed by atoms with E-state index in [-0.39, 0.29) is 22.6 Å². The SMILES string of the molecule is CC1CCN(c2ccc(C(=O)OCC(O)=C(C#N)c3nc4ccccc4[nH]3)cc2[N+](=O)[O-])CC1. The number of anilines is 1. The van der Waals surface area contributed by atoms with Crippen molar-refractivity contribution in [2.75, 3.05) is 24.6 Å². The Morgan fingerprint density at radius 1 is 1.32 bits per heavy atom. The Balaban J connectivity index is 1.51. The van der Waals surface area contributed by atoms with Crippen molar-refractivity contribution < 1.29 is 19.6 Å². The molecule has 1 fully saturated rings. The van der Waals surface area contributed by atoms with Gasteiger partial charge in [-0.15, -0.1) is 0 Å². The van der Waals surface area contributed by atoms with Crippen LogP contribution in [0.15, 0.2) is 48.2 Å². The number of nitriles is 1. The number of nitrogens with zero attached hydrogens (tertiary/aromatic N) is 4. The smallest absolute Gasteiger partial charge is 0.338 e. The number of rotatable bonds is 6. The van der Waals surface area contributed by atoms with Crippen LogP contribution in [-0.2, 0) is 4.74 Å². The van der Waals surface area contributed by atoms with Crippen molar-refractivity contribution in [1.29, 1.82) is 5.26 Å². The number of nitro benzene ring substituents is 1. The molecule has 0 bridgehead atoms. The molecular weight excluding hydrogens is 438 g/mol. The van der Waals surface area contributed by atoms with Gasteiger partial charge in [-0.25, -0.2) is 9.78 Å². The van der Waals surface area contributed by atoms with Gasteiger partial charge in [-0.1, -0.05) is 19.1 Å². The summed E-state index contributed by atoms with van der Waals surface area (Å²) in [5, 5.41) is 31.5. The monoisotopic (exact) mass is 461 g/mol. The lowest BCUT2D eigenvalue weighted by Gasteiger charge is -2.31. The third-order valence-electron chi connectivity index (χ3n) is 5.90. The zero-order valence-electron chi connectivity index (χ0n) is 18.5. The van der Waals surface area contributed by atoms with E-state index < -0.39 is 23.3 Å². The first kappa shape index (κ1) is 22.8. The standard InChI is InChI=1S/C24H23N5O5/c1-15-8-10-28(11-9-15)20-7-6-16(12-21(20)29(32)33)24(31)34-14-22(30)17(13-25)23-26-18-4-2-3-5-19(18)27-23/h2-7,12,15,30H,8-11,14H2,1H3,(H,26,27). The molecule has 34 heavy (non-hydrogen) atoms. The van der Waals surface area contributed by atoms with Crippen molar-refractivity contribution in [1.82, 2.24) is 9.97 Å². The fourth-order valence-corrected chi connectivity index (χ4v) is 3.93. The molecule has 0 unspecified atom stereocenters. The van der Waals surface area contributed by atoms with Crippen LogP contribution in [-0.4, -0.2) is 45.7 Å². The normalized spacial score (nSPS) is 15.0. The Morgan fingerprint density at radius 3 is 2.74 bits per heavy atom. The number of piperidine rings is 1. The maximum atomic E-state index is 12.5. The molecule has 0 aliphatic carbocycles. The van der Waals surface area contributed by atoms with Crippen LogP contribution in [0.4, 0.5) is 11.4 Å². The summed E-state index contributed by atoms with van der Waals surface area (Å²) in [6.45, 7) is 2.99. The molecule has 0 amide bonds. The number of carbonyl (C=O) groups excluding carboxylic acids is 1.